The van der Waals surface area contributed by atoms with Gasteiger partial charge in [-0.25, -0.2) is 0 Å². The van der Waals surface area contributed by atoms with Gasteiger partial charge in [0.05, 0.1) is 6.04 Å². The van der Waals surface area contributed by atoms with Crippen LogP contribution in [0.1, 0.15) is 45.9 Å². The predicted molar refractivity (Wildman–Crippen MR) is 71.4 cm³/mol. The standard InChI is InChI=1S/C13H22BrNO/c1-5-8-15-13(10(4)9(2)3)11-6-7-12(14)16-11/h6-7,9-10,13,15H,5,8H2,1-4H3. The lowest BCUT2D eigenvalue weighted by Crippen LogP contribution is -2.29. The molecule has 3 heteroatoms. The van der Waals surface area contributed by atoms with E-state index in [9.17, 15) is 0 Å². The first-order chi connectivity index (χ1) is 7.56. The molecule has 0 saturated carbocycles. The first-order valence-corrected chi connectivity index (χ1v) is 6.84. The quantitative estimate of drug-likeness (QED) is 0.840. The molecule has 1 rings (SSSR count). The molecule has 2 nitrogen and oxygen atoms in total. The Labute approximate surface area is 107 Å². The lowest BCUT2D eigenvalue weighted by atomic mass is 9.89. The summed E-state index contributed by atoms with van der Waals surface area (Å²) in [6, 6.07) is 4.32. The SMILES string of the molecule is CCCNC(c1ccc(Br)o1)C(C)C(C)C. The molecule has 1 heterocycles. The molecular weight excluding hydrogens is 266 g/mol. The molecule has 0 aromatic carbocycles. The van der Waals surface area contributed by atoms with Gasteiger partial charge in [0.1, 0.15) is 5.76 Å². The van der Waals surface area contributed by atoms with Crippen LogP contribution in [0.4, 0.5) is 0 Å². The summed E-state index contributed by atoms with van der Waals surface area (Å²) in [5.74, 6) is 2.23. The van der Waals surface area contributed by atoms with E-state index in [2.05, 4.69) is 55.0 Å². The van der Waals surface area contributed by atoms with Gasteiger partial charge in [0.25, 0.3) is 0 Å². The highest BCUT2D eigenvalue weighted by atomic mass is 79.9. The maximum Gasteiger partial charge on any atom is 0.169 e. The molecular formula is C13H22BrNO. The van der Waals surface area contributed by atoms with Crippen LogP contribution in [-0.4, -0.2) is 6.54 Å². The molecule has 92 valence electrons. The average Bonchev–Trinajstić information content (AvgIpc) is 2.65. The van der Waals surface area contributed by atoms with E-state index in [0.717, 1.165) is 23.4 Å². The minimum absolute atomic E-state index is 0.311. The number of rotatable bonds is 6. The number of hydrogen-bond donors (Lipinski definition) is 1. The minimum atomic E-state index is 0.311. The molecule has 0 spiro atoms. The summed E-state index contributed by atoms with van der Waals surface area (Å²) in [5, 5.41) is 3.57. The van der Waals surface area contributed by atoms with E-state index in [4.69, 9.17) is 4.42 Å². The monoisotopic (exact) mass is 287 g/mol. The van der Waals surface area contributed by atoms with E-state index >= 15 is 0 Å². The molecule has 0 fully saturated rings. The van der Waals surface area contributed by atoms with Gasteiger partial charge >= 0.3 is 0 Å². The van der Waals surface area contributed by atoms with Crippen molar-refractivity contribution in [2.75, 3.05) is 6.54 Å². The molecule has 2 unspecified atom stereocenters. The molecule has 1 N–H and O–H groups in total. The topological polar surface area (TPSA) is 25.2 Å². The molecule has 1 aromatic rings. The zero-order valence-corrected chi connectivity index (χ0v) is 12.2. The molecule has 0 aliphatic carbocycles. The van der Waals surface area contributed by atoms with Crippen molar-refractivity contribution in [1.29, 1.82) is 0 Å². The Morgan fingerprint density at radius 3 is 2.44 bits per heavy atom. The van der Waals surface area contributed by atoms with Gasteiger partial charge in [-0.15, -0.1) is 0 Å². The Balaban J connectivity index is 2.78. The van der Waals surface area contributed by atoms with Crippen LogP contribution in [0, 0.1) is 11.8 Å². The van der Waals surface area contributed by atoms with Gasteiger partial charge in [-0.05, 0) is 52.9 Å². The van der Waals surface area contributed by atoms with Gasteiger partial charge < -0.3 is 9.73 Å². The first-order valence-electron chi connectivity index (χ1n) is 6.04. The van der Waals surface area contributed by atoms with Crippen molar-refractivity contribution in [1.82, 2.24) is 5.32 Å². The Bertz CT molecular complexity index is 309. The highest BCUT2D eigenvalue weighted by Gasteiger charge is 2.23. The van der Waals surface area contributed by atoms with Crippen LogP contribution in [0.3, 0.4) is 0 Å². The van der Waals surface area contributed by atoms with Crippen molar-refractivity contribution in [3.63, 3.8) is 0 Å². The molecule has 0 bridgehead atoms. The summed E-state index contributed by atoms with van der Waals surface area (Å²) in [4.78, 5) is 0. The number of furan rings is 1. The van der Waals surface area contributed by atoms with E-state index < -0.39 is 0 Å². The summed E-state index contributed by atoms with van der Waals surface area (Å²) in [6.45, 7) is 9.99. The maximum absolute atomic E-state index is 5.67. The zero-order chi connectivity index (χ0) is 12.1. The molecule has 0 saturated heterocycles. The normalized spacial score (nSPS) is 15.4. The summed E-state index contributed by atoms with van der Waals surface area (Å²) >= 11 is 3.36. The van der Waals surface area contributed by atoms with E-state index in [1.807, 2.05) is 6.07 Å². The first kappa shape index (κ1) is 13.8. The lowest BCUT2D eigenvalue weighted by molar-refractivity contribution is 0.265. The number of nitrogens with one attached hydrogen (secondary N) is 1. The summed E-state index contributed by atoms with van der Waals surface area (Å²) in [5.41, 5.74) is 0. The molecule has 0 radical (unpaired) electrons. The summed E-state index contributed by atoms with van der Waals surface area (Å²) in [6.07, 6.45) is 1.14. The van der Waals surface area contributed by atoms with Crippen LogP contribution in [0.2, 0.25) is 0 Å². The second kappa shape index (κ2) is 6.45. The van der Waals surface area contributed by atoms with Crippen LogP contribution in [0.15, 0.2) is 21.2 Å². The Kier molecular flexibility index (Phi) is 5.56. The van der Waals surface area contributed by atoms with Gasteiger partial charge in [0.15, 0.2) is 4.67 Å². The van der Waals surface area contributed by atoms with Gasteiger partial charge in [-0.1, -0.05) is 27.7 Å². The molecule has 0 aliphatic heterocycles. The molecule has 0 amide bonds. The molecule has 0 aliphatic rings. The van der Waals surface area contributed by atoms with Crippen molar-refractivity contribution in [3.8, 4) is 0 Å². The third kappa shape index (κ3) is 3.63. The third-order valence-electron chi connectivity index (χ3n) is 3.09. The van der Waals surface area contributed by atoms with Crippen molar-refractivity contribution in [2.45, 2.75) is 40.2 Å². The third-order valence-corrected chi connectivity index (χ3v) is 3.52. The van der Waals surface area contributed by atoms with Crippen LogP contribution in [0.5, 0.6) is 0 Å². The van der Waals surface area contributed by atoms with Crippen LogP contribution in [0.25, 0.3) is 0 Å². The van der Waals surface area contributed by atoms with E-state index in [0.29, 0.717) is 17.9 Å². The van der Waals surface area contributed by atoms with E-state index in [1.54, 1.807) is 0 Å². The Morgan fingerprint density at radius 1 is 1.31 bits per heavy atom. The second-order valence-electron chi connectivity index (χ2n) is 4.68. The highest BCUT2D eigenvalue weighted by molar-refractivity contribution is 9.10. The predicted octanol–water partition coefficient (Wildman–Crippen LogP) is 4.37. The summed E-state index contributed by atoms with van der Waals surface area (Å²) in [7, 11) is 0. The Morgan fingerprint density at radius 2 is 2.00 bits per heavy atom. The fourth-order valence-corrected chi connectivity index (χ4v) is 2.04. The van der Waals surface area contributed by atoms with Gasteiger partial charge in [-0.3, -0.25) is 0 Å². The minimum Gasteiger partial charge on any atom is -0.453 e. The Hall–Kier alpha value is -0.280. The zero-order valence-electron chi connectivity index (χ0n) is 10.6. The smallest absolute Gasteiger partial charge is 0.169 e. The van der Waals surface area contributed by atoms with E-state index in [1.165, 1.54) is 0 Å². The largest absolute Gasteiger partial charge is 0.453 e. The van der Waals surface area contributed by atoms with E-state index in [-0.39, 0.29) is 0 Å². The molecule has 16 heavy (non-hydrogen) atoms. The summed E-state index contributed by atoms with van der Waals surface area (Å²) < 4.78 is 6.48. The molecule has 2 atom stereocenters. The van der Waals surface area contributed by atoms with Crippen molar-refractivity contribution in [3.05, 3.63) is 22.6 Å². The highest BCUT2D eigenvalue weighted by Crippen LogP contribution is 2.30. The second-order valence-corrected chi connectivity index (χ2v) is 5.46. The lowest BCUT2D eigenvalue weighted by Gasteiger charge is -2.26. The van der Waals surface area contributed by atoms with Gasteiger partial charge in [0, 0.05) is 0 Å². The maximum atomic E-state index is 5.67. The van der Waals surface area contributed by atoms with Crippen LogP contribution >= 0.6 is 15.9 Å². The average molecular weight is 288 g/mol. The van der Waals surface area contributed by atoms with Gasteiger partial charge in [0.2, 0.25) is 0 Å². The fourth-order valence-electron chi connectivity index (χ4n) is 1.73. The number of hydrogen-bond acceptors (Lipinski definition) is 2. The van der Waals surface area contributed by atoms with Crippen molar-refractivity contribution < 1.29 is 4.42 Å². The van der Waals surface area contributed by atoms with Crippen molar-refractivity contribution in [2.24, 2.45) is 11.8 Å². The fraction of sp³-hybridized carbons (Fsp3) is 0.692. The molecule has 1 aromatic heterocycles. The van der Waals surface area contributed by atoms with Crippen LogP contribution in [-0.2, 0) is 0 Å². The van der Waals surface area contributed by atoms with Crippen LogP contribution < -0.4 is 5.32 Å². The van der Waals surface area contributed by atoms with Crippen molar-refractivity contribution >= 4 is 15.9 Å². The van der Waals surface area contributed by atoms with Gasteiger partial charge in [-0.2, -0.15) is 0 Å². The number of halogens is 1.